The van der Waals surface area contributed by atoms with E-state index in [0.29, 0.717) is 29.2 Å². The van der Waals surface area contributed by atoms with Crippen molar-refractivity contribution in [2.45, 2.75) is 32.9 Å². The minimum Gasteiger partial charge on any atom is -0.355 e. The molecule has 32 heavy (non-hydrogen) atoms. The summed E-state index contributed by atoms with van der Waals surface area (Å²) in [7, 11) is -3.76. The Morgan fingerprint density at radius 2 is 1.72 bits per heavy atom. The highest BCUT2D eigenvalue weighted by molar-refractivity contribution is 9.10. The van der Waals surface area contributed by atoms with Crippen molar-refractivity contribution in [2.24, 2.45) is 0 Å². The number of hydrogen-bond donors (Lipinski definition) is 1. The van der Waals surface area contributed by atoms with Gasteiger partial charge >= 0.3 is 0 Å². The van der Waals surface area contributed by atoms with Crippen LogP contribution in [0.2, 0.25) is 5.02 Å². The summed E-state index contributed by atoms with van der Waals surface area (Å²) >= 11 is 9.62. The lowest BCUT2D eigenvalue weighted by Crippen LogP contribution is -2.52. The van der Waals surface area contributed by atoms with Gasteiger partial charge in [0.05, 0.1) is 11.9 Å². The minimum absolute atomic E-state index is 0.0755. The zero-order valence-electron chi connectivity index (χ0n) is 18.2. The number of carbonyl (C=O) groups is 2. The first-order valence-electron chi connectivity index (χ1n) is 10.1. The van der Waals surface area contributed by atoms with E-state index in [1.54, 1.807) is 62.4 Å². The Morgan fingerprint density at radius 3 is 2.25 bits per heavy atom. The highest BCUT2D eigenvalue weighted by atomic mass is 79.9. The van der Waals surface area contributed by atoms with E-state index in [9.17, 15) is 18.0 Å². The third-order valence-corrected chi connectivity index (χ3v) is 6.87. The van der Waals surface area contributed by atoms with Gasteiger partial charge in [0.15, 0.2) is 0 Å². The minimum atomic E-state index is -3.76. The fraction of sp³-hybridized carbons (Fsp3) is 0.364. The van der Waals surface area contributed by atoms with Crippen LogP contribution < -0.4 is 9.62 Å². The maximum atomic E-state index is 13.5. The van der Waals surface area contributed by atoms with Crippen LogP contribution in [0.25, 0.3) is 0 Å². The standard InChI is InChI=1S/C22H27BrClN3O4S/c1-4-20(22(29)25-5-2)26(14-16-8-6-7-9-19(16)24)21(28)15-27(32(3,30)31)18-12-10-17(23)11-13-18/h6-13,20H,4-5,14-15H2,1-3H3,(H,25,29). The number of halogens is 2. The summed E-state index contributed by atoms with van der Waals surface area (Å²) in [5.41, 5.74) is 1.02. The van der Waals surface area contributed by atoms with Crippen molar-refractivity contribution in [3.63, 3.8) is 0 Å². The number of amides is 2. The van der Waals surface area contributed by atoms with Gasteiger partial charge in [0.1, 0.15) is 12.6 Å². The molecule has 7 nitrogen and oxygen atoms in total. The van der Waals surface area contributed by atoms with Gasteiger partial charge in [0.2, 0.25) is 21.8 Å². The molecule has 1 atom stereocenters. The number of hydrogen-bond acceptors (Lipinski definition) is 4. The van der Waals surface area contributed by atoms with E-state index in [2.05, 4.69) is 21.2 Å². The van der Waals surface area contributed by atoms with Gasteiger partial charge < -0.3 is 10.2 Å². The van der Waals surface area contributed by atoms with Crippen LogP contribution in [0, 0.1) is 0 Å². The molecule has 0 saturated heterocycles. The summed E-state index contributed by atoms with van der Waals surface area (Å²) in [5, 5.41) is 3.21. The van der Waals surface area contributed by atoms with Crippen molar-refractivity contribution in [1.82, 2.24) is 10.2 Å². The van der Waals surface area contributed by atoms with Crippen molar-refractivity contribution in [3.05, 3.63) is 63.6 Å². The molecule has 0 radical (unpaired) electrons. The number of anilines is 1. The summed E-state index contributed by atoms with van der Waals surface area (Å²) in [6.07, 6.45) is 1.40. The zero-order chi connectivity index (χ0) is 23.9. The lowest BCUT2D eigenvalue weighted by Gasteiger charge is -2.33. The highest BCUT2D eigenvalue weighted by Crippen LogP contribution is 2.23. The second-order valence-corrected chi connectivity index (χ2v) is 10.4. The maximum absolute atomic E-state index is 13.5. The molecule has 1 unspecified atom stereocenters. The Hall–Kier alpha value is -2.10. The molecule has 0 aliphatic heterocycles. The van der Waals surface area contributed by atoms with Gasteiger partial charge in [-0.2, -0.15) is 0 Å². The van der Waals surface area contributed by atoms with Crippen molar-refractivity contribution >= 4 is 55.1 Å². The molecule has 2 aromatic carbocycles. The fourth-order valence-electron chi connectivity index (χ4n) is 3.24. The second kappa shape index (κ2) is 11.7. The number of carbonyl (C=O) groups excluding carboxylic acids is 2. The normalized spacial score (nSPS) is 12.2. The van der Waals surface area contributed by atoms with E-state index in [1.807, 2.05) is 0 Å². The Balaban J connectivity index is 2.43. The average Bonchev–Trinajstić information content (AvgIpc) is 2.73. The summed E-state index contributed by atoms with van der Waals surface area (Å²) in [6.45, 7) is 3.64. The molecule has 0 saturated carbocycles. The quantitative estimate of drug-likeness (QED) is 0.493. The maximum Gasteiger partial charge on any atom is 0.244 e. The molecule has 0 heterocycles. The topological polar surface area (TPSA) is 86.8 Å². The zero-order valence-corrected chi connectivity index (χ0v) is 21.4. The Morgan fingerprint density at radius 1 is 1.09 bits per heavy atom. The molecule has 174 valence electrons. The first kappa shape index (κ1) is 26.2. The van der Waals surface area contributed by atoms with E-state index in [1.165, 1.54) is 4.90 Å². The van der Waals surface area contributed by atoms with Crippen molar-refractivity contribution < 1.29 is 18.0 Å². The fourth-order valence-corrected chi connectivity index (χ4v) is 4.55. The number of rotatable bonds is 10. The smallest absolute Gasteiger partial charge is 0.244 e. The first-order valence-corrected chi connectivity index (χ1v) is 13.1. The van der Waals surface area contributed by atoms with E-state index < -0.39 is 28.5 Å². The van der Waals surface area contributed by atoms with Gasteiger partial charge in [-0.1, -0.05) is 52.7 Å². The Kier molecular flexibility index (Phi) is 9.54. The van der Waals surface area contributed by atoms with Crippen molar-refractivity contribution in [3.8, 4) is 0 Å². The van der Waals surface area contributed by atoms with Crippen LogP contribution in [0.4, 0.5) is 5.69 Å². The number of sulfonamides is 1. The molecule has 2 rings (SSSR count). The first-order chi connectivity index (χ1) is 15.1. The number of likely N-dealkylation sites (N-methyl/N-ethyl adjacent to an activating group) is 1. The molecule has 0 aromatic heterocycles. The van der Waals surface area contributed by atoms with Gasteiger partial charge in [-0.05, 0) is 49.2 Å². The molecule has 2 aromatic rings. The number of nitrogens with one attached hydrogen (secondary N) is 1. The van der Waals surface area contributed by atoms with E-state index >= 15 is 0 Å². The highest BCUT2D eigenvalue weighted by Gasteiger charge is 2.31. The molecule has 2 amide bonds. The van der Waals surface area contributed by atoms with Crippen molar-refractivity contribution in [2.75, 3.05) is 23.7 Å². The third-order valence-electron chi connectivity index (χ3n) is 4.83. The predicted molar refractivity (Wildman–Crippen MR) is 131 cm³/mol. The monoisotopic (exact) mass is 543 g/mol. The van der Waals surface area contributed by atoms with E-state index in [-0.39, 0.29) is 12.5 Å². The molecule has 1 N–H and O–H groups in total. The van der Waals surface area contributed by atoms with Crippen LogP contribution in [0.5, 0.6) is 0 Å². The average molecular weight is 545 g/mol. The molecule has 10 heteroatoms. The molecule has 0 aliphatic rings. The Labute approximate surface area is 202 Å². The summed E-state index contributed by atoms with van der Waals surface area (Å²) in [5.74, 6) is -0.804. The van der Waals surface area contributed by atoms with Crippen LogP contribution in [0.3, 0.4) is 0 Å². The SMILES string of the molecule is CCNC(=O)C(CC)N(Cc1ccccc1Cl)C(=O)CN(c1ccc(Br)cc1)S(C)(=O)=O. The predicted octanol–water partition coefficient (Wildman–Crippen LogP) is 3.81. The van der Waals surface area contributed by atoms with E-state index in [4.69, 9.17) is 11.6 Å². The molecule has 0 bridgehead atoms. The molecule has 0 fully saturated rings. The molecule has 0 aliphatic carbocycles. The lowest BCUT2D eigenvalue weighted by atomic mass is 10.1. The molecular weight excluding hydrogens is 518 g/mol. The number of benzene rings is 2. The third kappa shape index (κ3) is 6.95. The van der Waals surface area contributed by atoms with Gasteiger partial charge in [-0.15, -0.1) is 0 Å². The summed E-state index contributed by atoms with van der Waals surface area (Å²) in [4.78, 5) is 27.6. The van der Waals surface area contributed by atoms with Crippen LogP contribution in [0.1, 0.15) is 25.8 Å². The van der Waals surface area contributed by atoms with Gasteiger partial charge in [-0.3, -0.25) is 13.9 Å². The Bertz CT molecular complexity index is 1050. The van der Waals surface area contributed by atoms with Gasteiger partial charge in [-0.25, -0.2) is 8.42 Å². The second-order valence-electron chi connectivity index (χ2n) is 7.18. The van der Waals surface area contributed by atoms with Crippen LogP contribution >= 0.6 is 27.5 Å². The van der Waals surface area contributed by atoms with Crippen molar-refractivity contribution in [1.29, 1.82) is 0 Å². The van der Waals surface area contributed by atoms with Crippen LogP contribution in [0.15, 0.2) is 53.0 Å². The molecule has 0 spiro atoms. The summed E-state index contributed by atoms with van der Waals surface area (Å²) < 4.78 is 26.8. The lowest BCUT2D eigenvalue weighted by molar-refractivity contribution is -0.140. The van der Waals surface area contributed by atoms with Crippen LogP contribution in [-0.4, -0.2) is 50.5 Å². The van der Waals surface area contributed by atoms with Gasteiger partial charge in [0.25, 0.3) is 0 Å². The number of nitrogens with zero attached hydrogens (tertiary/aromatic N) is 2. The largest absolute Gasteiger partial charge is 0.355 e. The van der Waals surface area contributed by atoms with Gasteiger partial charge in [0, 0.05) is 22.6 Å². The summed E-state index contributed by atoms with van der Waals surface area (Å²) in [6, 6.07) is 12.9. The van der Waals surface area contributed by atoms with Crippen LogP contribution in [-0.2, 0) is 26.2 Å². The van der Waals surface area contributed by atoms with E-state index in [0.717, 1.165) is 15.0 Å². The molecular formula is C22H27BrClN3O4S.